The fraction of sp³-hybridized carbons (Fsp3) is 0.231. The summed E-state index contributed by atoms with van der Waals surface area (Å²) in [6, 6.07) is 2.24. The number of rotatable bonds is 3. The Morgan fingerprint density at radius 3 is 2.29 bits per heavy atom. The van der Waals surface area contributed by atoms with Crippen molar-refractivity contribution in [2.45, 2.75) is 21.8 Å². The first kappa shape index (κ1) is 20.9. The molecule has 1 atom stereocenters. The van der Waals surface area contributed by atoms with Gasteiger partial charge in [-0.2, -0.15) is 22.8 Å². The SMILES string of the molecule is N#Cc1nn(-c2cc3c(cc2Cl)C(F)(F)OC3(F)F)c(N)c1[S+]([O-])C(F)(F)Cl. The van der Waals surface area contributed by atoms with Crippen molar-refractivity contribution in [3.63, 3.8) is 0 Å². The summed E-state index contributed by atoms with van der Waals surface area (Å²) in [5.41, 5.74) is 1.64. The number of ether oxygens (including phenoxy) is 1. The molecule has 2 aromatic rings. The van der Waals surface area contributed by atoms with Crippen LogP contribution in [0.1, 0.15) is 16.8 Å². The van der Waals surface area contributed by atoms with Gasteiger partial charge in [-0.05, 0) is 12.1 Å². The van der Waals surface area contributed by atoms with E-state index in [9.17, 15) is 30.9 Å². The molecule has 0 aliphatic carbocycles. The van der Waals surface area contributed by atoms with Crippen molar-refractivity contribution in [1.82, 2.24) is 9.78 Å². The number of nitriles is 1. The highest BCUT2D eigenvalue weighted by molar-refractivity contribution is 7.94. The maximum absolute atomic E-state index is 13.8. The van der Waals surface area contributed by atoms with E-state index < -0.39 is 66.4 Å². The largest absolute Gasteiger partial charge is 0.605 e. The minimum atomic E-state index is -4.41. The van der Waals surface area contributed by atoms with Crippen molar-refractivity contribution in [3.05, 3.63) is 34.0 Å². The van der Waals surface area contributed by atoms with E-state index in [1.807, 2.05) is 0 Å². The van der Waals surface area contributed by atoms with Crippen molar-refractivity contribution in [1.29, 1.82) is 5.26 Å². The van der Waals surface area contributed by atoms with E-state index in [1.54, 1.807) is 0 Å². The Morgan fingerprint density at radius 2 is 1.79 bits per heavy atom. The standard InChI is InChI=1S/C13H4Cl2F6N4O2S/c14-6-1-4-5(12(18,19)27-11(4,16)17)2-8(6)25-10(23)9(7(3-22)24-25)28(26)13(15,20)21/h1-2H,23H2. The summed E-state index contributed by atoms with van der Waals surface area (Å²) in [7, 11) is 0. The minimum Gasteiger partial charge on any atom is -0.605 e. The zero-order chi connectivity index (χ0) is 21.2. The highest BCUT2D eigenvalue weighted by atomic mass is 35.5. The molecule has 0 radical (unpaired) electrons. The van der Waals surface area contributed by atoms with Gasteiger partial charge in [0.2, 0.25) is 10.6 Å². The quantitative estimate of drug-likeness (QED) is 0.420. The van der Waals surface area contributed by atoms with Gasteiger partial charge in [-0.15, -0.1) is 13.9 Å². The van der Waals surface area contributed by atoms with E-state index in [1.165, 1.54) is 6.07 Å². The fourth-order valence-corrected chi connectivity index (χ4v) is 3.69. The van der Waals surface area contributed by atoms with Gasteiger partial charge >= 0.3 is 16.9 Å². The predicted octanol–water partition coefficient (Wildman–Crippen LogP) is 4.01. The van der Waals surface area contributed by atoms with Crippen LogP contribution in [0.4, 0.5) is 32.2 Å². The maximum Gasteiger partial charge on any atom is 0.497 e. The Balaban J connectivity index is 2.25. The van der Waals surface area contributed by atoms with E-state index in [0.717, 1.165) is 0 Å². The third kappa shape index (κ3) is 3.15. The topological polar surface area (TPSA) is 99.9 Å². The van der Waals surface area contributed by atoms with Gasteiger partial charge in [0.1, 0.15) is 6.07 Å². The van der Waals surface area contributed by atoms with Crippen LogP contribution in [0.15, 0.2) is 17.0 Å². The molecule has 1 aliphatic heterocycles. The molecule has 1 aliphatic rings. The normalized spacial score (nSPS) is 18.6. The molecule has 6 nitrogen and oxygen atoms in total. The molecule has 15 heteroatoms. The maximum atomic E-state index is 13.8. The number of nitrogen functional groups attached to an aromatic ring is 1. The zero-order valence-corrected chi connectivity index (χ0v) is 15.2. The van der Waals surface area contributed by atoms with Crippen LogP contribution < -0.4 is 5.73 Å². The van der Waals surface area contributed by atoms with Crippen LogP contribution in [-0.2, 0) is 28.1 Å². The smallest absolute Gasteiger partial charge is 0.497 e. The molecule has 150 valence electrons. The number of nitrogens with zero attached hydrogens (tertiary/aromatic N) is 3. The molecule has 28 heavy (non-hydrogen) atoms. The molecule has 1 aromatic carbocycles. The van der Waals surface area contributed by atoms with Crippen LogP contribution in [0.25, 0.3) is 5.69 Å². The van der Waals surface area contributed by atoms with Gasteiger partial charge in [0.25, 0.3) is 0 Å². The van der Waals surface area contributed by atoms with Crippen molar-refractivity contribution >= 4 is 40.2 Å². The number of alkyl halides is 7. The van der Waals surface area contributed by atoms with E-state index in [0.29, 0.717) is 16.8 Å². The number of anilines is 1. The monoisotopic (exact) mass is 464 g/mol. The van der Waals surface area contributed by atoms with Crippen molar-refractivity contribution < 1.29 is 35.6 Å². The summed E-state index contributed by atoms with van der Waals surface area (Å²) >= 11 is 7.17. The number of aromatic nitrogens is 2. The predicted molar refractivity (Wildman–Crippen MR) is 83.8 cm³/mol. The van der Waals surface area contributed by atoms with Crippen molar-refractivity contribution in [2.75, 3.05) is 5.73 Å². The van der Waals surface area contributed by atoms with E-state index in [4.69, 9.17) is 34.2 Å². The number of fused-ring (bicyclic) bond motifs is 1. The Bertz CT molecular complexity index is 1020. The van der Waals surface area contributed by atoms with Crippen LogP contribution in [-0.4, -0.2) is 19.0 Å². The molecule has 0 fully saturated rings. The number of halogens is 8. The Hall–Kier alpha value is -1.85. The van der Waals surface area contributed by atoms with Gasteiger partial charge < -0.3 is 10.3 Å². The van der Waals surface area contributed by atoms with E-state index in [-0.39, 0.29) is 0 Å². The first-order valence-electron chi connectivity index (χ1n) is 6.78. The summed E-state index contributed by atoms with van der Waals surface area (Å²) in [6.45, 7) is 0. The molecular weight excluding hydrogens is 461 g/mol. The minimum absolute atomic E-state index is 0.434. The summed E-state index contributed by atoms with van der Waals surface area (Å²) in [5.74, 6) is -0.842. The summed E-state index contributed by atoms with van der Waals surface area (Å²) in [4.78, 5) is -0.979. The van der Waals surface area contributed by atoms with Gasteiger partial charge in [0.15, 0.2) is 5.82 Å². The Morgan fingerprint density at radius 1 is 1.25 bits per heavy atom. The van der Waals surface area contributed by atoms with Gasteiger partial charge in [-0.3, -0.25) is 0 Å². The lowest BCUT2D eigenvalue weighted by Gasteiger charge is -2.14. The lowest BCUT2D eigenvalue weighted by Crippen LogP contribution is -2.23. The van der Waals surface area contributed by atoms with E-state index in [2.05, 4.69) is 9.84 Å². The molecule has 1 unspecified atom stereocenters. The summed E-state index contributed by atoms with van der Waals surface area (Å²) in [6.07, 6.45) is -8.76. The van der Waals surface area contributed by atoms with Gasteiger partial charge in [-0.25, -0.2) is 9.42 Å². The van der Waals surface area contributed by atoms with Gasteiger partial charge in [-0.1, -0.05) is 11.6 Å². The van der Waals surface area contributed by atoms with Crippen LogP contribution >= 0.6 is 23.2 Å². The lowest BCUT2D eigenvalue weighted by atomic mass is 10.1. The summed E-state index contributed by atoms with van der Waals surface area (Å²) < 4.78 is 92.5. The molecule has 0 amide bonds. The average Bonchev–Trinajstić information content (AvgIpc) is 2.96. The highest BCUT2D eigenvalue weighted by Gasteiger charge is 2.58. The molecule has 2 N–H and O–H groups in total. The lowest BCUT2D eigenvalue weighted by molar-refractivity contribution is -0.369. The molecule has 0 saturated carbocycles. The molecule has 3 rings (SSSR count). The first-order valence-corrected chi connectivity index (χ1v) is 8.69. The van der Waals surface area contributed by atoms with Crippen LogP contribution in [0.2, 0.25) is 5.02 Å². The van der Waals surface area contributed by atoms with Gasteiger partial charge in [0.05, 0.1) is 33.0 Å². The van der Waals surface area contributed by atoms with Gasteiger partial charge in [0, 0.05) is 11.6 Å². The van der Waals surface area contributed by atoms with E-state index >= 15 is 0 Å². The van der Waals surface area contributed by atoms with Crippen LogP contribution in [0, 0.1) is 11.3 Å². The molecule has 0 spiro atoms. The number of hydrogen-bond acceptors (Lipinski definition) is 5. The third-order valence-electron chi connectivity index (χ3n) is 3.58. The molecule has 0 saturated heterocycles. The summed E-state index contributed by atoms with van der Waals surface area (Å²) in [5, 5.41) is 11.9. The average molecular weight is 465 g/mol. The number of hydrogen-bond donors (Lipinski definition) is 1. The molecular formula is C13H4Cl2F6N4O2S. The van der Waals surface area contributed by atoms with Crippen LogP contribution in [0.5, 0.6) is 0 Å². The number of nitrogens with two attached hydrogens (primary N) is 1. The second kappa shape index (κ2) is 6.33. The second-order valence-electron chi connectivity index (χ2n) is 5.29. The highest BCUT2D eigenvalue weighted by Crippen LogP contribution is 2.52. The zero-order valence-electron chi connectivity index (χ0n) is 12.8. The van der Waals surface area contributed by atoms with Crippen LogP contribution in [0.3, 0.4) is 0 Å². The Labute approximate surface area is 164 Å². The Kier molecular flexibility index (Phi) is 4.72. The van der Waals surface area contributed by atoms with Crippen molar-refractivity contribution in [2.24, 2.45) is 0 Å². The van der Waals surface area contributed by atoms with Crippen molar-refractivity contribution in [3.8, 4) is 11.8 Å². The molecule has 0 bridgehead atoms. The molecule has 2 heterocycles. The third-order valence-corrected chi connectivity index (χ3v) is 5.49. The molecule has 1 aromatic heterocycles. The first-order chi connectivity index (χ1) is 12.7. The fourth-order valence-electron chi connectivity index (χ4n) is 2.45. The number of benzene rings is 1. The second-order valence-corrected chi connectivity index (χ2v) is 7.85.